The molecule has 0 bridgehead atoms. The molecule has 0 aromatic carbocycles. The Kier molecular flexibility index (Phi) is 7.76. The Morgan fingerprint density at radius 2 is 2.22 bits per heavy atom. The number of rotatable bonds is 4. The van der Waals surface area contributed by atoms with Gasteiger partial charge in [-0.25, -0.2) is 0 Å². The Balaban J connectivity index is 2.80. The van der Waals surface area contributed by atoms with Gasteiger partial charge < -0.3 is 5.73 Å². The minimum absolute atomic E-state index is 0.782. The third-order valence-electron chi connectivity index (χ3n) is 0.810. The van der Waals surface area contributed by atoms with Crippen molar-refractivity contribution in [1.82, 2.24) is 0 Å². The van der Waals surface area contributed by atoms with Crippen LogP contribution >= 0.6 is 11.8 Å². The van der Waals surface area contributed by atoms with Gasteiger partial charge in [0.2, 0.25) is 0 Å². The molecule has 0 aliphatic heterocycles. The van der Waals surface area contributed by atoms with E-state index in [2.05, 4.69) is 11.8 Å². The van der Waals surface area contributed by atoms with Crippen molar-refractivity contribution in [2.45, 2.75) is 13.3 Å². The molecule has 0 heterocycles. The van der Waals surface area contributed by atoms with Crippen molar-refractivity contribution in [3.05, 3.63) is 0 Å². The van der Waals surface area contributed by atoms with Crippen LogP contribution in [0.2, 0.25) is 0 Å². The smallest absolute Gasteiger partial charge is 0.0179 e. The molecule has 1 nitrogen and oxygen atoms in total. The maximum absolute atomic E-state index is 5.29. The van der Waals surface area contributed by atoms with Crippen molar-refractivity contribution in [2.75, 3.05) is 18.1 Å². The molecule has 0 fully saturated rings. The van der Waals surface area contributed by atoms with Crippen LogP contribution < -0.4 is 5.73 Å². The Labute approximate surface area is 61.4 Å². The van der Waals surface area contributed by atoms with Crippen LogP contribution in [0.4, 0.5) is 0 Å². The van der Waals surface area contributed by atoms with E-state index in [1.54, 1.807) is 0 Å². The minimum atomic E-state index is 0.782. The fraction of sp³-hybridized carbons (Fsp3) is 0.714. The maximum atomic E-state index is 5.29. The number of thioether (sulfide) groups is 1. The van der Waals surface area contributed by atoms with E-state index in [-0.39, 0.29) is 0 Å². The second-order valence-electron chi connectivity index (χ2n) is 1.58. The van der Waals surface area contributed by atoms with Gasteiger partial charge in [0.1, 0.15) is 0 Å². The average Bonchev–Trinajstić information content (AvgIpc) is 1.89. The molecule has 0 unspecified atom stereocenters. The number of hydrogen-bond acceptors (Lipinski definition) is 2. The lowest BCUT2D eigenvalue weighted by molar-refractivity contribution is 1.14. The molecule has 0 aliphatic carbocycles. The summed E-state index contributed by atoms with van der Waals surface area (Å²) in [4.78, 5) is 0. The zero-order chi connectivity index (χ0) is 6.95. The molecule has 2 N–H and O–H groups in total. The molecule has 9 heavy (non-hydrogen) atoms. The molecule has 0 atom stereocenters. The van der Waals surface area contributed by atoms with Crippen LogP contribution in [0.1, 0.15) is 13.3 Å². The van der Waals surface area contributed by atoms with Crippen molar-refractivity contribution in [3.8, 4) is 11.8 Å². The normalized spacial score (nSPS) is 8.22. The van der Waals surface area contributed by atoms with Crippen LogP contribution in [0.15, 0.2) is 0 Å². The van der Waals surface area contributed by atoms with E-state index in [0.29, 0.717) is 0 Å². The zero-order valence-corrected chi connectivity index (χ0v) is 6.63. The highest BCUT2D eigenvalue weighted by Crippen LogP contribution is 1.98. The minimum Gasteiger partial charge on any atom is -0.330 e. The summed E-state index contributed by atoms with van der Waals surface area (Å²) in [6, 6.07) is 0. The van der Waals surface area contributed by atoms with Gasteiger partial charge in [-0.1, -0.05) is 0 Å². The fourth-order valence-electron chi connectivity index (χ4n) is 0.434. The molecule has 0 aromatic rings. The van der Waals surface area contributed by atoms with Crippen molar-refractivity contribution < 1.29 is 0 Å². The lowest BCUT2D eigenvalue weighted by Crippen LogP contribution is -2.01. The lowest BCUT2D eigenvalue weighted by Gasteiger charge is -1.91. The summed E-state index contributed by atoms with van der Waals surface area (Å²) in [5.41, 5.74) is 5.29. The molecule has 0 aliphatic rings. The molecule has 0 saturated carbocycles. The Morgan fingerprint density at radius 1 is 1.44 bits per heavy atom. The van der Waals surface area contributed by atoms with Gasteiger partial charge in [-0.15, -0.1) is 11.8 Å². The third-order valence-corrected chi connectivity index (χ3v) is 1.83. The van der Waals surface area contributed by atoms with Gasteiger partial charge in [0, 0.05) is 24.5 Å². The van der Waals surface area contributed by atoms with Crippen molar-refractivity contribution >= 4 is 11.8 Å². The summed E-state index contributed by atoms with van der Waals surface area (Å²) in [6.45, 7) is 2.65. The highest BCUT2D eigenvalue weighted by atomic mass is 32.2. The van der Waals surface area contributed by atoms with Crippen molar-refractivity contribution in [3.63, 3.8) is 0 Å². The molecular formula is C7H13NS. The van der Waals surface area contributed by atoms with Crippen LogP contribution in [-0.2, 0) is 0 Å². The van der Waals surface area contributed by atoms with E-state index in [9.17, 15) is 0 Å². The SMILES string of the molecule is CC#CCCSCCN. The first kappa shape index (κ1) is 8.87. The molecule has 0 spiro atoms. The van der Waals surface area contributed by atoms with Gasteiger partial charge in [0.25, 0.3) is 0 Å². The molecule has 0 aromatic heterocycles. The van der Waals surface area contributed by atoms with Crippen LogP contribution in [0.5, 0.6) is 0 Å². The van der Waals surface area contributed by atoms with Crippen molar-refractivity contribution in [2.24, 2.45) is 5.73 Å². The molecule has 0 rings (SSSR count). The topological polar surface area (TPSA) is 26.0 Å². The second kappa shape index (κ2) is 7.87. The third kappa shape index (κ3) is 7.87. The molecule has 0 radical (unpaired) electrons. The van der Waals surface area contributed by atoms with E-state index >= 15 is 0 Å². The van der Waals surface area contributed by atoms with Crippen LogP contribution in [0.25, 0.3) is 0 Å². The Hall–Kier alpha value is -0.130. The Morgan fingerprint density at radius 3 is 2.78 bits per heavy atom. The predicted octanol–water partition coefficient (Wildman–Crippen LogP) is 1.09. The van der Waals surface area contributed by atoms with Crippen molar-refractivity contribution in [1.29, 1.82) is 0 Å². The first-order chi connectivity index (χ1) is 4.41. The first-order valence-electron chi connectivity index (χ1n) is 3.09. The molecule has 0 saturated heterocycles. The van der Waals surface area contributed by atoms with Gasteiger partial charge in [-0.2, -0.15) is 11.8 Å². The van der Waals surface area contributed by atoms with E-state index in [1.165, 1.54) is 0 Å². The Bertz CT molecular complexity index is 101. The summed E-state index contributed by atoms with van der Waals surface area (Å²) in [5.74, 6) is 8.03. The van der Waals surface area contributed by atoms with Crippen LogP contribution in [-0.4, -0.2) is 18.1 Å². The summed E-state index contributed by atoms with van der Waals surface area (Å²) >= 11 is 1.87. The highest BCUT2D eigenvalue weighted by Gasteiger charge is 1.82. The van der Waals surface area contributed by atoms with Gasteiger partial charge in [-0.05, 0) is 6.92 Å². The first-order valence-corrected chi connectivity index (χ1v) is 4.24. The highest BCUT2D eigenvalue weighted by molar-refractivity contribution is 7.99. The van der Waals surface area contributed by atoms with E-state index < -0.39 is 0 Å². The standard InChI is InChI=1S/C7H13NS/c1-2-3-4-6-9-7-5-8/h4-8H2,1H3. The summed E-state index contributed by atoms with van der Waals surface area (Å²) in [7, 11) is 0. The maximum Gasteiger partial charge on any atom is 0.0179 e. The molecule has 0 amide bonds. The van der Waals surface area contributed by atoms with Crippen LogP contribution in [0, 0.1) is 11.8 Å². The molecular weight excluding hydrogens is 130 g/mol. The van der Waals surface area contributed by atoms with Crippen LogP contribution in [0.3, 0.4) is 0 Å². The van der Waals surface area contributed by atoms with E-state index in [4.69, 9.17) is 5.73 Å². The van der Waals surface area contributed by atoms with Gasteiger partial charge in [0.05, 0.1) is 0 Å². The van der Waals surface area contributed by atoms with Gasteiger partial charge in [-0.3, -0.25) is 0 Å². The molecule has 52 valence electrons. The summed E-state index contributed by atoms with van der Waals surface area (Å²) in [6.07, 6.45) is 1.00. The number of hydrogen-bond donors (Lipinski definition) is 1. The zero-order valence-electron chi connectivity index (χ0n) is 5.81. The predicted molar refractivity (Wildman–Crippen MR) is 44.4 cm³/mol. The van der Waals surface area contributed by atoms with E-state index in [0.717, 1.165) is 24.5 Å². The summed E-state index contributed by atoms with van der Waals surface area (Å²) < 4.78 is 0. The number of nitrogens with two attached hydrogens (primary N) is 1. The second-order valence-corrected chi connectivity index (χ2v) is 2.80. The lowest BCUT2D eigenvalue weighted by atomic mass is 10.5. The van der Waals surface area contributed by atoms with Gasteiger partial charge >= 0.3 is 0 Å². The fourth-order valence-corrected chi connectivity index (χ4v) is 1.05. The summed E-state index contributed by atoms with van der Waals surface area (Å²) in [5, 5.41) is 0. The van der Waals surface area contributed by atoms with Gasteiger partial charge in [0.15, 0.2) is 0 Å². The van der Waals surface area contributed by atoms with E-state index in [1.807, 2.05) is 18.7 Å². The molecule has 2 heteroatoms. The average molecular weight is 143 g/mol. The monoisotopic (exact) mass is 143 g/mol. The largest absolute Gasteiger partial charge is 0.330 e. The quantitative estimate of drug-likeness (QED) is 0.471.